The summed E-state index contributed by atoms with van der Waals surface area (Å²) in [6.07, 6.45) is -2.70. The molecular weight excluding hydrogens is 183 g/mol. The lowest BCUT2D eigenvalue weighted by Gasteiger charge is -2.37. The van der Waals surface area contributed by atoms with Crippen molar-refractivity contribution in [1.29, 1.82) is 0 Å². The third-order valence-electron chi connectivity index (χ3n) is 1.92. The van der Waals surface area contributed by atoms with Crippen molar-refractivity contribution in [2.75, 3.05) is 0 Å². The highest BCUT2D eigenvalue weighted by molar-refractivity contribution is 4.99. The summed E-state index contributed by atoms with van der Waals surface area (Å²) in [7, 11) is 0. The van der Waals surface area contributed by atoms with Gasteiger partial charge in [-0.25, -0.2) is 4.39 Å². The Labute approximate surface area is 65.2 Å². The van der Waals surface area contributed by atoms with Crippen molar-refractivity contribution in [1.82, 2.24) is 0 Å². The number of hydrogen-bond acceptors (Lipinski definition) is 0. The zero-order chi connectivity index (χ0) is 9.62. The van der Waals surface area contributed by atoms with E-state index in [4.69, 9.17) is 0 Å². The van der Waals surface area contributed by atoms with Crippen LogP contribution in [0.3, 0.4) is 0 Å². The monoisotopic (exact) mass is 189 g/mol. The van der Waals surface area contributed by atoms with Crippen molar-refractivity contribution < 1.29 is 27.1 Å². The molecule has 6 heteroatoms. The van der Waals surface area contributed by atoms with Crippen LogP contribution in [0.1, 0.15) is 19.3 Å². The van der Waals surface area contributed by atoms with Gasteiger partial charge < -0.3 is 0 Å². The molecule has 0 aliphatic heterocycles. The van der Waals surface area contributed by atoms with Crippen LogP contribution >= 0.6 is 0 Å². The Hall–Kier alpha value is -0.390. The molecule has 0 heterocycles. The van der Waals surface area contributed by atoms with E-state index in [0.29, 0.717) is 0 Å². The van der Waals surface area contributed by atoms with E-state index in [1.54, 1.807) is 0 Å². The second-order valence-corrected chi connectivity index (χ2v) is 2.86. The highest BCUT2D eigenvalue weighted by Gasteiger charge is 2.72. The Kier molecular flexibility index (Phi) is 1.86. The Balaban J connectivity index is 2.99. The Morgan fingerprint density at radius 3 is 1.75 bits per heavy atom. The van der Waals surface area contributed by atoms with Gasteiger partial charge in [0.2, 0.25) is 0 Å². The predicted molar refractivity (Wildman–Crippen MR) is 28.3 cm³/mol. The largest absolute Gasteiger partial charge is 0.370 e. The van der Waals surface area contributed by atoms with Crippen molar-refractivity contribution in [2.24, 2.45) is 0 Å². The molecule has 0 aromatic heterocycles. The molecule has 1 fully saturated rings. The first kappa shape index (κ1) is 9.70. The summed E-state index contributed by atoms with van der Waals surface area (Å²) < 4.78 is 61.6. The smallest absolute Gasteiger partial charge is 0.202 e. The van der Waals surface area contributed by atoms with Crippen molar-refractivity contribution in [3.8, 4) is 0 Å². The van der Waals surface area contributed by atoms with Gasteiger partial charge in [0.25, 0.3) is 0 Å². The summed E-state index contributed by atoms with van der Waals surface area (Å²) in [6.45, 7) is 0. The van der Waals surface area contributed by atoms with Gasteiger partial charge in [-0.3, -0.25) is 0 Å². The lowest BCUT2D eigenvalue weighted by atomic mass is 9.88. The van der Waals surface area contributed by atoms with Gasteiger partial charge in [-0.2, -0.15) is 22.7 Å². The molecule has 1 rings (SSSR count). The SMILES string of the molecule is [O]C1(F)CCCC(F)(F)C1(F)F. The van der Waals surface area contributed by atoms with Crippen LogP contribution in [0.2, 0.25) is 0 Å². The topological polar surface area (TPSA) is 19.9 Å². The first-order chi connectivity index (χ1) is 5.21. The summed E-state index contributed by atoms with van der Waals surface area (Å²) >= 11 is 0. The molecule has 0 amide bonds. The summed E-state index contributed by atoms with van der Waals surface area (Å²) in [4.78, 5) is 0. The Morgan fingerprint density at radius 2 is 1.42 bits per heavy atom. The maximum atomic E-state index is 12.4. The third-order valence-corrected chi connectivity index (χ3v) is 1.92. The van der Waals surface area contributed by atoms with Gasteiger partial charge in [0.1, 0.15) is 0 Å². The van der Waals surface area contributed by atoms with E-state index in [1.165, 1.54) is 0 Å². The molecule has 0 N–H and O–H groups in total. The average Bonchev–Trinajstić information content (AvgIpc) is 1.83. The zero-order valence-electron chi connectivity index (χ0n) is 5.92. The average molecular weight is 189 g/mol. The van der Waals surface area contributed by atoms with Crippen LogP contribution in [0.4, 0.5) is 22.0 Å². The zero-order valence-corrected chi connectivity index (χ0v) is 5.92. The van der Waals surface area contributed by atoms with Gasteiger partial charge in [0.05, 0.1) is 0 Å². The second kappa shape index (κ2) is 2.31. The number of rotatable bonds is 0. The minimum Gasteiger partial charge on any atom is -0.202 e. The standard InChI is InChI=1S/C6H6F5O/c7-4(8)2-1-3-5(9,12)6(4,10)11/h1-3H2. The van der Waals surface area contributed by atoms with E-state index in [1.807, 2.05) is 0 Å². The number of alkyl halides is 5. The fraction of sp³-hybridized carbons (Fsp3) is 1.00. The van der Waals surface area contributed by atoms with Gasteiger partial charge in [-0.1, -0.05) is 0 Å². The maximum absolute atomic E-state index is 12.4. The fourth-order valence-corrected chi connectivity index (χ4v) is 1.12. The molecule has 1 atom stereocenters. The highest BCUT2D eigenvalue weighted by Crippen LogP contribution is 2.51. The number of hydrogen-bond donors (Lipinski definition) is 0. The summed E-state index contributed by atoms with van der Waals surface area (Å²) in [5.74, 6) is -13.9. The fourth-order valence-electron chi connectivity index (χ4n) is 1.12. The van der Waals surface area contributed by atoms with Crippen LogP contribution in [0, 0.1) is 0 Å². The molecule has 1 saturated carbocycles. The molecule has 0 spiro atoms. The summed E-state index contributed by atoms with van der Waals surface area (Å²) in [5.41, 5.74) is 0. The van der Waals surface area contributed by atoms with E-state index in [2.05, 4.69) is 0 Å². The molecule has 1 aliphatic carbocycles. The molecular formula is C6H6F5O. The van der Waals surface area contributed by atoms with E-state index in [9.17, 15) is 27.1 Å². The molecule has 12 heavy (non-hydrogen) atoms. The van der Waals surface area contributed by atoms with Gasteiger partial charge in [-0.15, -0.1) is 0 Å². The number of halogens is 5. The quantitative estimate of drug-likeness (QED) is 0.522. The Bertz CT molecular complexity index is 170. The van der Waals surface area contributed by atoms with Gasteiger partial charge in [0, 0.05) is 12.8 Å². The molecule has 71 valence electrons. The van der Waals surface area contributed by atoms with Gasteiger partial charge in [-0.05, 0) is 6.42 Å². The third kappa shape index (κ3) is 1.09. The Morgan fingerprint density at radius 1 is 0.917 bits per heavy atom. The van der Waals surface area contributed by atoms with E-state index in [-0.39, 0.29) is 0 Å². The molecule has 1 nitrogen and oxygen atoms in total. The van der Waals surface area contributed by atoms with Gasteiger partial charge >= 0.3 is 17.7 Å². The highest BCUT2D eigenvalue weighted by atomic mass is 19.3. The molecule has 0 aromatic rings. The van der Waals surface area contributed by atoms with Crippen LogP contribution in [0.25, 0.3) is 0 Å². The van der Waals surface area contributed by atoms with Crippen molar-refractivity contribution in [3.63, 3.8) is 0 Å². The minimum absolute atomic E-state index is 0.511. The van der Waals surface area contributed by atoms with E-state index < -0.39 is 37.0 Å². The van der Waals surface area contributed by atoms with Crippen LogP contribution in [-0.2, 0) is 5.11 Å². The summed E-state index contributed by atoms with van der Waals surface area (Å²) in [5, 5.41) is 10.3. The second-order valence-electron chi connectivity index (χ2n) is 2.86. The van der Waals surface area contributed by atoms with Crippen LogP contribution < -0.4 is 0 Å². The molecule has 1 radical (unpaired) electrons. The van der Waals surface area contributed by atoms with Crippen molar-refractivity contribution >= 4 is 0 Å². The van der Waals surface area contributed by atoms with E-state index >= 15 is 0 Å². The molecule has 0 saturated heterocycles. The summed E-state index contributed by atoms with van der Waals surface area (Å²) in [6, 6.07) is 0. The minimum atomic E-state index is -5.09. The van der Waals surface area contributed by atoms with Gasteiger partial charge in [0.15, 0.2) is 0 Å². The van der Waals surface area contributed by atoms with E-state index in [0.717, 1.165) is 0 Å². The predicted octanol–water partition coefficient (Wildman–Crippen LogP) is 2.54. The normalized spacial score (nSPS) is 39.5. The first-order valence-corrected chi connectivity index (χ1v) is 3.36. The maximum Gasteiger partial charge on any atom is 0.370 e. The van der Waals surface area contributed by atoms with Crippen molar-refractivity contribution in [3.05, 3.63) is 0 Å². The lowest BCUT2D eigenvalue weighted by Crippen LogP contribution is -2.58. The van der Waals surface area contributed by atoms with Crippen LogP contribution in [0.15, 0.2) is 0 Å². The van der Waals surface area contributed by atoms with Crippen LogP contribution in [0.5, 0.6) is 0 Å². The molecule has 0 bridgehead atoms. The molecule has 1 aliphatic rings. The first-order valence-electron chi connectivity index (χ1n) is 3.36. The molecule has 1 unspecified atom stereocenters. The lowest BCUT2D eigenvalue weighted by molar-refractivity contribution is -0.370. The van der Waals surface area contributed by atoms with Crippen LogP contribution in [-0.4, -0.2) is 17.7 Å². The van der Waals surface area contributed by atoms with Crippen molar-refractivity contribution in [2.45, 2.75) is 37.0 Å². The molecule has 0 aromatic carbocycles.